The summed E-state index contributed by atoms with van der Waals surface area (Å²) in [6.45, 7) is 1.83. The second kappa shape index (κ2) is 8.13. The molecule has 1 heterocycles. The SMILES string of the molecule is Cc1ccc(NC2=C(c3ccc(F)cc3)C(=O)N(c3ccc(F)c(Cl)c3)C2=O)cc1Cl. The van der Waals surface area contributed by atoms with Gasteiger partial charge in [-0.15, -0.1) is 0 Å². The highest BCUT2D eigenvalue weighted by atomic mass is 35.5. The van der Waals surface area contributed by atoms with Crippen LogP contribution >= 0.6 is 23.2 Å². The van der Waals surface area contributed by atoms with Gasteiger partial charge in [0.25, 0.3) is 11.8 Å². The molecule has 3 aromatic rings. The Bertz CT molecular complexity index is 1260. The molecule has 0 bridgehead atoms. The van der Waals surface area contributed by atoms with Crippen molar-refractivity contribution >= 4 is 52.0 Å². The van der Waals surface area contributed by atoms with Crippen molar-refractivity contribution in [3.63, 3.8) is 0 Å². The summed E-state index contributed by atoms with van der Waals surface area (Å²) in [5, 5.41) is 3.21. The highest BCUT2D eigenvalue weighted by Gasteiger charge is 2.40. The molecule has 0 radical (unpaired) electrons. The third kappa shape index (κ3) is 3.92. The fraction of sp³-hybridized carbons (Fsp3) is 0.0435. The molecule has 0 unspecified atom stereocenters. The molecule has 0 fully saturated rings. The zero-order valence-corrected chi connectivity index (χ0v) is 17.6. The highest BCUT2D eigenvalue weighted by molar-refractivity contribution is 6.46. The fourth-order valence-electron chi connectivity index (χ4n) is 3.20. The van der Waals surface area contributed by atoms with Crippen LogP contribution in [0, 0.1) is 18.6 Å². The molecule has 4 rings (SSSR count). The van der Waals surface area contributed by atoms with Crippen LogP contribution in [0.4, 0.5) is 20.2 Å². The zero-order valence-electron chi connectivity index (χ0n) is 16.0. The number of rotatable bonds is 4. The first-order valence-electron chi connectivity index (χ1n) is 9.13. The smallest absolute Gasteiger partial charge is 0.282 e. The third-order valence-electron chi connectivity index (χ3n) is 4.82. The predicted octanol–water partition coefficient (Wildman–Crippen LogP) is 5.98. The number of amides is 2. The Hall–Kier alpha value is -3.22. The van der Waals surface area contributed by atoms with E-state index in [-0.39, 0.29) is 22.0 Å². The van der Waals surface area contributed by atoms with Gasteiger partial charge in [-0.2, -0.15) is 0 Å². The maximum absolute atomic E-state index is 13.6. The summed E-state index contributed by atoms with van der Waals surface area (Å²) in [6.07, 6.45) is 0. The summed E-state index contributed by atoms with van der Waals surface area (Å²) >= 11 is 12.0. The first-order chi connectivity index (χ1) is 14.8. The van der Waals surface area contributed by atoms with Crippen molar-refractivity contribution in [3.8, 4) is 0 Å². The van der Waals surface area contributed by atoms with Gasteiger partial charge in [0.15, 0.2) is 0 Å². The van der Waals surface area contributed by atoms with E-state index in [1.807, 2.05) is 6.92 Å². The van der Waals surface area contributed by atoms with Gasteiger partial charge in [0.2, 0.25) is 0 Å². The molecule has 0 spiro atoms. The topological polar surface area (TPSA) is 49.4 Å². The maximum atomic E-state index is 13.6. The van der Waals surface area contributed by atoms with E-state index in [0.717, 1.165) is 16.5 Å². The van der Waals surface area contributed by atoms with Crippen LogP contribution in [0.2, 0.25) is 10.0 Å². The van der Waals surface area contributed by atoms with Gasteiger partial charge in [0.05, 0.1) is 16.3 Å². The number of nitrogens with one attached hydrogen (secondary N) is 1. The molecule has 4 nitrogen and oxygen atoms in total. The molecule has 0 aliphatic carbocycles. The minimum Gasteiger partial charge on any atom is -0.350 e. The molecule has 2 amide bonds. The Morgan fingerprint density at radius 2 is 1.55 bits per heavy atom. The quantitative estimate of drug-likeness (QED) is 0.489. The molecular weight excluding hydrogens is 445 g/mol. The lowest BCUT2D eigenvalue weighted by molar-refractivity contribution is -0.120. The minimum atomic E-state index is -0.677. The van der Waals surface area contributed by atoms with Crippen molar-refractivity contribution in [2.24, 2.45) is 0 Å². The second-order valence-electron chi connectivity index (χ2n) is 6.89. The van der Waals surface area contributed by atoms with Gasteiger partial charge in [0, 0.05) is 10.7 Å². The van der Waals surface area contributed by atoms with E-state index in [9.17, 15) is 18.4 Å². The Kier molecular flexibility index (Phi) is 5.52. The molecular formula is C23H14Cl2F2N2O2. The summed E-state index contributed by atoms with van der Waals surface area (Å²) in [4.78, 5) is 27.4. The Morgan fingerprint density at radius 3 is 2.19 bits per heavy atom. The molecule has 0 saturated carbocycles. The lowest BCUT2D eigenvalue weighted by atomic mass is 10.0. The van der Waals surface area contributed by atoms with Gasteiger partial charge in [0.1, 0.15) is 17.3 Å². The summed E-state index contributed by atoms with van der Waals surface area (Å²) < 4.78 is 27.0. The molecule has 156 valence electrons. The van der Waals surface area contributed by atoms with E-state index >= 15 is 0 Å². The first kappa shape index (κ1) is 21.0. The molecule has 8 heteroatoms. The fourth-order valence-corrected chi connectivity index (χ4v) is 3.56. The van der Waals surface area contributed by atoms with Crippen molar-refractivity contribution in [2.45, 2.75) is 6.92 Å². The zero-order chi connectivity index (χ0) is 22.3. The Labute approximate surface area is 186 Å². The van der Waals surface area contributed by atoms with Gasteiger partial charge < -0.3 is 5.32 Å². The molecule has 3 aromatic carbocycles. The standard InChI is InChI=1S/C23H14Cl2F2N2O2/c1-12-2-7-15(10-17(12)24)28-21-20(13-3-5-14(26)6-4-13)22(30)29(23(21)31)16-8-9-19(27)18(25)11-16/h2-11,28H,1H3. The van der Waals surface area contributed by atoms with E-state index in [4.69, 9.17) is 23.2 Å². The molecule has 1 N–H and O–H groups in total. The van der Waals surface area contributed by atoms with Gasteiger partial charge in [-0.25, -0.2) is 13.7 Å². The minimum absolute atomic E-state index is 0.0167. The van der Waals surface area contributed by atoms with E-state index in [0.29, 0.717) is 16.3 Å². The number of halogens is 4. The highest BCUT2D eigenvalue weighted by Crippen LogP contribution is 2.35. The number of nitrogens with zero attached hydrogens (tertiary/aromatic N) is 1. The van der Waals surface area contributed by atoms with Crippen LogP contribution in [0.25, 0.3) is 5.57 Å². The van der Waals surface area contributed by atoms with Crippen LogP contribution in [-0.4, -0.2) is 11.8 Å². The molecule has 31 heavy (non-hydrogen) atoms. The number of anilines is 2. The van der Waals surface area contributed by atoms with Crippen LogP contribution < -0.4 is 10.2 Å². The van der Waals surface area contributed by atoms with Crippen LogP contribution in [0.3, 0.4) is 0 Å². The van der Waals surface area contributed by atoms with E-state index < -0.39 is 23.4 Å². The summed E-state index contributed by atoms with van der Waals surface area (Å²) in [5.41, 5.74) is 1.82. The second-order valence-corrected chi connectivity index (χ2v) is 7.70. The molecule has 0 aromatic heterocycles. The van der Waals surface area contributed by atoms with Crippen molar-refractivity contribution in [1.29, 1.82) is 0 Å². The van der Waals surface area contributed by atoms with Gasteiger partial charge in [-0.3, -0.25) is 9.59 Å². The van der Waals surface area contributed by atoms with Crippen molar-refractivity contribution < 1.29 is 18.4 Å². The van der Waals surface area contributed by atoms with E-state index in [2.05, 4.69) is 5.32 Å². The molecule has 0 atom stereocenters. The number of carbonyl (C=O) groups excluding carboxylic acids is 2. The average molecular weight is 459 g/mol. The average Bonchev–Trinajstić information content (AvgIpc) is 2.97. The maximum Gasteiger partial charge on any atom is 0.282 e. The third-order valence-corrected chi connectivity index (χ3v) is 5.52. The van der Waals surface area contributed by atoms with Crippen LogP contribution in [0.1, 0.15) is 11.1 Å². The Balaban J connectivity index is 1.83. The number of hydrogen-bond donors (Lipinski definition) is 1. The van der Waals surface area contributed by atoms with Gasteiger partial charge in [-0.1, -0.05) is 41.4 Å². The van der Waals surface area contributed by atoms with Gasteiger partial charge >= 0.3 is 0 Å². The summed E-state index contributed by atoms with van der Waals surface area (Å²) in [6, 6.07) is 13.8. The largest absolute Gasteiger partial charge is 0.350 e. The Morgan fingerprint density at radius 1 is 0.839 bits per heavy atom. The molecule has 0 saturated heterocycles. The molecule has 1 aliphatic heterocycles. The predicted molar refractivity (Wildman–Crippen MR) is 117 cm³/mol. The van der Waals surface area contributed by atoms with Crippen molar-refractivity contribution in [1.82, 2.24) is 0 Å². The van der Waals surface area contributed by atoms with Crippen LogP contribution in [0.15, 0.2) is 66.4 Å². The number of hydrogen-bond acceptors (Lipinski definition) is 3. The van der Waals surface area contributed by atoms with Crippen molar-refractivity contribution in [2.75, 3.05) is 10.2 Å². The summed E-state index contributed by atoms with van der Waals surface area (Å²) in [5.74, 6) is -2.48. The van der Waals surface area contributed by atoms with Gasteiger partial charge in [-0.05, 0) is 60.5 Å². The van der Waals surface area contributed by atoms with E-state index in [1.165, 1.54) is 36.4 Å². The number of carbonyl (C=O) groups is 2. The lowest BCUT2D eigenvalue weighted by Crippen LogP contribution is -2.32. The first-order valence-corrected chi connectivity index (χ1v) is 9.89. The monoisotopic (exact) mass is 458 g/mol. The number of imide groups is 1. The molecule has 1 aliphatic rings. The van der Waals surface area contributed by atoms with Crippen LogP contribution in [-0.2, 0) is 9.59 Å². The lowest BCUT2D eigenvalue weighted by Gasteiger charge is -2.16. The van der Waals surface area contributed by atoms with Crippen LogP contribution in [0.5, 0.6) is 0 Å². The van der Waals surface area contributed by atoms with E-state index in [1.54, 1.807) is 18.2 Å². The number of aryl methyl sites for hydroxylation is 1. The summed E-state index contributed by atoms with van der Waals surface area (Å²) in [7, 11) is 0. The van der Waals surface area contributed by atoms with Crippen molar-refractivity contribution in [3.05, 3.63) is 99.2 Å². The number of benzene rings is 3. The normalized spacial score (nSPS) is 13.9.